The van der Waals surface area contributed by atoms with Crippen LogP contribution < -0.4 is 9.47 Å². The number of nitro groups is 1. The number of nitro benzene ring substituents is 1. The first-order valence-electron chi connectivity index (χ1n) is 14.3. The highest BCUT2D eigenvalue weighted by molar-refractivity contribution is 5.90. The predicted octanol–water partition coefficient (Wildman–Crippen LogP) is 9.53. The van der Waals surface area contributed by atoms with Crippen LogP contribution in [0.3, 0.4) is 0 Å². The average Bonchev–Trinajstić information content (AvgIpc) is 2.94. The van der Waals surface area contributed by atoms with Crippen LogP contribution in [0.2, 0.25) is 0 Å². The van der Waals surface area contributed by atoms with Crippen molar-refractivity contribution in [1.82, 2.24) is 0 Å². The molecule has 0 spiro atoms. The van der Waals surface area contributed by atoms with Crippen molar-refractivity contribution in [3.05, 3.63) is 63.7 Å². The Morgan fingerprint density at radius 3 is 1.89 bits per heavy atom. The van der Waals surface area contributed by atoms with Crippen molar-refractivity contribution >= 4 is 17.3 Å². The third-order valence-electron chi connectivity index (χ3n) is 6.76. The molecule has 0 aliphatic rings. The van der Waals surface area contributed by atoms with Crippen LogP contribution in [0, 0.1) is 21.4 Å². The SMILES string of the molecule is CCCCCCCCCCCCCCCCOc1ccc(/C=C(/C#N)c2ccc([N+](=O)[O-])cc2)cc1OC. The van der Waals surface area contributed by atoms with E-state index in [2.05, 4.69) is 13.0 Å². The standard InChI is InChI=1S/C32H44N2O4/c1-3-4-5-6-7-8-9-10-11-12-13-14-15-16-23-38-31-22-17-27(25-32(31)37-2)24-29(26-33)28-18-20-30(21-19-28)34(35)36/h17-22,24-25H,3-16,23H2,1-2H3/b29-24-. The van der Waals surface area contributed by atoms with Crippen LogP contribution in [0.4, 0.5) is 5.69 Å². The Hall–Kier alpha value is -3.33. The zero-order chi connectivity index (χ0) is 27.4. The number of methoxy groups -OCH3 is 1. The van der Waals surface area contributed by atoms with Crippen molar-refractivity contribution < 1.29 is 14.4 Å². The van der Waals surface area contributed by atoms with Gasteiger partial charge in [-0.25, -0.2) is 0 Å². The van der Waals surface area contributed by atoms with Crippen LogP contribution in [0.25, 0.3) is 11.6 Å². The van der Waals surface area contributed by atoms with Crippen molar-refractivity contribution in [3.8, 4) is 17.6 Å². The molecular weight excluding hydrogens is 476 g/mol. The number of allylic oxidation sites excluding steroid dienone is 1. The number of nitrogens with zero attached hydrogens (tertiary/aromatic N) is 2. The molecule has 0 saturated heterocycles. The Morgan fingerprint density at radius 1 is 0.842 bits per heavy atom. The molecule has 6 heteroatoms. The van der Waals surface area contributed by atoms with Gasteiger partial charge in [-0.3, -0.25) is 10.1 Å². The van der Waals surface area contributed by atoms with Gasteiger partial charge in [0, 0.05) is 12.1 Å². The van der Waals surface area contributed by atoms with E-state index in [9.17, 15) is 15.4 Å². The molecule has 0 amide bonds. The summed E-state index contributed by atoms with van der Waals surface area (Å²) in [7, 11) is 1.60. The van der Waals surface area contributed by atoms with Gasteiger partial charge in [-0.15, -0.1) is 0 Å². The largest absolute Gasteiger partial charge is 0.493 e. The first kappa shape index (κ1) is 30.9. The Kier molecular flexibility index (Phi) is 15.3. The normalized spacial score (nSPS) is 11.2. The van der Waals surface area contributed by atoms with Crippen molar-refractivity contribution in [2.75, 3.05) is 13.7 Å². The fourth-order valence-corrected chi connectivity index (χ4v) is 4.48. The van der Waals surface area contributed by atoms with Crippen LogP contribution >= 0.6 is 0 Å². The van der Waals surface area contributed by atoms with Crippen LogP contribution in [0.15, 0.2) is 42.5 Å². The average molecular weight is 521 g/mol. The zero-order valence-corrected chi connectivity index (χ0v) is 23.3. The van der Waals surface area contributed by atoms with Crippen molar-refractivity contribution in [3.63, 3.8) is 0 Å². The summed E-state index contributed by atoms with van der Waals surface area (Å²) >= 11 is 0. The summed E-state index contributed by atoms with van der Waals surface area (Å²) in [6.45, 7) is 2.92. The van der Waals surface area contributed by atoms with Gasteiger partial charge in [-0.1, -0.05) is 96.5 Å². The molecule has 0 saturated carbocycles. The minimum atomic E-state index is -0.456. The third-order valence-corrected chi connectivity index (χ3v) is 6.76. The lowest BCUT2D eigenvalue weighted by atomic mass is 10.0. The summed E-state index contributed by atoms with van der Waals surface area (Å²) in [6.07, 6.45) is 20.3. The quantitative estimate of drug-likeness (QED) is 0.0570. The fraction of sp³-hybridized carbons (Fsp3) is 0.531. The van der Waals surface area contributed by atoms with Crippen LogP contribution in [-0.2, 0) is 0 Å². The fourth-order valence-electron chi connectivity index (χ4n) is 4.48. The van der Waals surface area contributed by atoms with Crippen LogP contribution in [0.1, 0.15) is 108 Å². The van der Waals surface area contributed by atoms with E-state index in [0.29, 0.717) is 29.2 Å². The molecule has 2 rings (SSSR count). The molecule has 38 heavy (non-hydrogen) atoms. The number of ether oxygens (including phenoxy) is 2. The third kappa shape index (κ3) is 11.8. The molecule has 0 aliphatic carbocycles. The zero-order valence-electron chi connectivity index (χ0n) is 23.3. The molecule has 0 atom stereocenters. The predicted molar refractivity (Wildman–Crippen MR) is 155 cm³/mol. The monoisotopic (exact) mass is 520 g/mol. The van der Waals surface area contributed by atoms with Crippen LogP contribution in [0.5, 0.6) is 11.5 Å². The van der Waals surface area contributed by atoms with E-state index in [0.717, 1.165) is 12.0 Å². The Bertz CT molecular complexity index is 1020. The molecule has 0 heterocycles. The van der Waals surface area contributed by atoms with E-state index < -0.39 is 4.92 Å². The number of unbranched alkanes of at least 4 members (excludes halogenated alkanes) is 13. The van der Waals surface area contributed by atoms with E-state index in [1.807, 2.05) is 18.2 Å². The number of non-ortho nitro benzene ring substituents is 1. The number of hydrogen-bond donors (Lipinski definition) is 0. The first-order valence-corrected chi connectivity index (χ1v) is 14.3. The van der Waals surface area contributed by atoms with E-state index in [1.165, 1.54) is 95.6 Å². The summed E-state index contributed by atoms with van der Waals surface area (Å²) in [5.41, 5.74) is 1.82. The van der Waals surface area contributed by atoms with Gasteiger partial charge in [0.25, 0.3) is 5.69 Å². The number of benzene rings is 2. The molecule has 6 nitrogen and oxygen atoms in total. The molecule has 0 aromatic heterocycles. The summed E-state index contributed by atoms with van der Waals surface area (Å²) in [5.74, 6) is 1.30. The smallest absolute Gasteiger partial charge is 0.269 e. The molecule has 0 aliphatic heterocycles. The van der Waals surface area contributed by atoms with Crippen molar-refractivity contribution in [2.45, 2.75) is 96.8 Å². The summed E-state index contributed by atoms with van der Waals surface area (Å²) < 4.78 is 11.5. The van der Waals surface area contributed by atoms with E-state index >= 15 is 0 Å². The summed E-state index contributed by atoms with van der Waals surface area (Å²) in [5, 5.41) is 20.5. The highest BCUT2D eigenvalue weighted by Gasteiger charge is 2.09. The topological polar surface area (TPSA) is 85.4 Å². The van der Waals surface area contributed by atoms with Gasteiger partial charge in [-0.2, -0.15) is 5.26 Å². The van der Waals surface area contributed by atoms with E-state index in [1.54, 1.807) is 25.3 Å². The van der Waals surface area contributed by atoms with Crippen molar-refractivity contribution in [1.29, 1.82) is 5.26 Å². The Balaban J connectivity index is 1.68. The lowest BCUT2D eigenvalue weighted by Crippen LogP contribution is -1.99. The van der Waals surface area contributed by atoms with Gasteiger partial charge in [0.15, 0.2) is 11.5 Å². The number of hydrogen-bond acceptors (Lipinski definition) is 5. The van der Waals surface area contributed by atoms with Gasteiger partial charge in [0.05, 0.1) is 30.3 Å². The second-order valence-electron chi connectivity index (χ2n) is 9.83. The maximum absolute atomic E-state index is 10.9. The molecule has 0 radical (unpaired) electrons. The molecule has 0 unspecified atom stereocenters. The molecule has 0 N–H and O–H groups in total. The molecule has 0 bridgehead atoms. The van der Waals surface area contributed by atoms with Crippen LogP contribution in [-0.4, -0.2) is 18.6 Å². The lowest BCUT2D eigenvalue weighted by Gasteiger charge is -2.11. The minimum Gasteiger partial charge on any atom is -0.493 e. The Labute approximate surface area is 228 Å². The van der Waals surface area contributed by atoms with Gasteiger partial charge in [0.2, 0.25) is 0 Å². The summed E-state index contributed by atoms with van der Waals surface area (Å²) in [4.78, 5) is 10.4. The second kappa shape index (κ2) is 18.8. The molecule has 2 aromatic carbocycles. The minimum absolute atomic E-state index is 0.00647. The number of nitriles is 1. The molecule has 0 fully saturated rings. The lowest BCUT2D eigenvalue weighted by molar-refractivity contribution is -0.384. The molecule has 2 aromatic rings. The number of rotatable bonds is 20. The molecule has 206 valence electrons. The maximum atomic E-state index is 10.9. The first-order chi connectivity index (χ1) is 18.6. The van der Waals surface area contributed by atoms with Gasteiger partial charge in [-0.05, 0) is 47.9 Å². The molecular formula is C32H44N2O4. The highest BCUT2D eigenvalue weighted by atomic mass is 16.6. The van der Waals surface area contributed by atoms with Gasteiger partial charge in [0.1, 0.15) is 0 Å². The van der Waals surface area contributed by atoms with Gasteiger partial charge < -0.3 is 9.47 Å². The van der Waals surface area contributed by atoms with E-state index in [-0.39, 0.29) is 5.69 Å². The Morgan fingerprint density at radius 2 is 1.39 bits per heavy atom. The highest BCUT2D eigenvalue weighted by Crippen LogP contribution is 2.30. The van der Waals surface area contributed by atoms with Crippen molar-refractivity contribution in [2.24, 2.45) is 0 Å². The van der Waals surface area contributed by atoms with E-state index in [4.69, 9.17) is 9.47 Å². The summed E-state index contributed by atoms with van der Waals surface area (Å²) in [6, 6.07) is 13.7. The van der Waals surface area contributed by atoms with Gasteiger partial charge >= 0.3 is 0 Å². The maximum Gasteiger partial charge on any atom is 0.269 e. The second-order valence-corrected chi connectivity index (χ2v) is 9.83.